The standard InChI is InChI=1S/C21H17N3/c1-3-9-18(10-4-1)20-13-7-8-17(14-20)15-24-16-21(22-23-24)19-11-5-2-6-12-19/h1-14,16H,15H2. The molecule has 0 radical (unpaired) electrons. The predicted molar refractivity (Wildman–Crippen MR) is 96.4 cm³/mol. The molecular formula is C21H17N3. The minimum atomic E-state index is 0.709. The Balaban J connectivity index is 1.57. The summed E-state index contributed by atoms with van der Waals surface area (Å²) in [6, 6.07) is 29.1. The average Bonchev–Trinajstić information content (AvgIpc) is 3.12. The summed E-state index contributed by atoms with van der Waals surface area (Å²) in [7, 11) is 0. The van der Waals surface area contributed by atoms with Gasteiger partial charge in [0.2, 0.25) is 0 Å². The van der Waals surface area contributed by atoms with Crippen molar-refractivity contribution in [3.63, 3.8) is 0 Å². The molecule has 1 aromatic heterocycles. The van der Waals surface area contributed by atoms with Crippen LogP contribution in [0.4, 0.5) is 0 Å². The second-order valence-corrected chi connectivity index (χ2v) is 5.73. The van der Waals surface area contributed by atoms with E-state index in [1.54, 1.807) is 0 Å². The minimum absolute atomic E-state index is 0.709. The van der Waals surface area contributed by atoms with Gasteiger partial charge in [0.25, 0.3) is 0 Å². The maximum atomic E-state index is 4.28. The molecule has 0 bridgehead atoms. The molecule has 0 saturated heterocycles. The third-order valence-corrected chi connectivity index (χ3v) is 3.99. The van der Waals surface area contributed by atoms with E-state index in [9.17, 15) is 0 Å². The van der Waals surface area contributed by atoms with E-state index in [0.29, 0.717) is 6.54 Å². The quantitative estimate of drug-likeness (QED) is 0.549. The highest BCUT2D eigenvalue weighted by Crippen LogP contribution is 2.21. The molecule has 0 fully saturated rings. The van der Waals surface area contributed by atoms with Crippen molar-refractivity contribution in [3.05, 3.63) is 96.7 Å². The predicted octanol–water partition coefficient (Wildman–Crippen LogP) is 4.66. The van der Waals surface area contributed by atoms with Crippen LogP contribution in [0.15, 0.2) is 91.1 Å². The highest BCUT2D eigenvalue weighted by atomic mass is 15.4. The number of hydrogen-bond donors (Lipinski definition) is 0. The third-order valence-electron chi connectivity index (χ3n) is 3.99. The number of aromatic nitrogens is 3. The van der Waals surface area contributed by atoms with Crippen LogP contribution in [0.5, 0.6) is 0 Å². The Hall–Kier alpha value is -3.20. The van der Waals surface area contributed by atoms with E-state index in [1.165, 1.54) is 16.7 Å². The van der Waals surface area contributed by atoms with Gasteiger partial charge in [-0.2, -0.15) is 0 Å². The molecule has 0 aliphatic carbocycles. The molecular weight excluding hydrogens is 294 g/mol. The molecule has 3 heteroatoms. The molecule has 24 heavy (non-hydrogen) atoms. The fraction of sp³-hybridized carbons (Fsp3) is 0.0476. The molecule has 3 aromatic carbocycles. The highest BCUT2D eigenvalue weighted by Gasteiger charge is 2.05. The van der Waals surface area contributed by atoms with Crippen molar-refractivity contribution >= 4 is 0 Å². The zero-order chi connectivity index (χ0) is 16.2. The summed E-state index contributed by atoms with van der Waals surface area (Å²) in [5.41, 5.74) is 5.64. The van der Waals surface area contributed by atoms with Crippen molar-refractivity contribution < 1.29 is 0 Å². The monoisotopic (exact) mass is 311 g/mol. The Bertz CT molecular complexity index is 927. The maximum absolute atomic E-state index is 4.28. The first kappa shape index (κ1) is 14.4. The van der Waals surface area contributed by atoms with Gasteiger partial charge in [0, 0.05) is 5.56 Å². The molecule has 4 rings (SSSR count). The first-order valence-electron chi connectivity index (χ1n) is 7.98. The molecule has 3 nitrogen and oxygen atoms in total. The van der Waals surface area contributed by atoms with Gasteiger partial charge in [-0.15, -0.1) is 5.10 Å². The van der Waals surface area contributed by atoms with E-state index in [2.05, 4.69) is 58.8 Å². The van der Waals surface area contributed by atoms with Gasteiger partial charge < -0.3 is 0 Å². The van der Waals surface area contributed by atoms with E-state index >= 15 is 0 Å². The van der Waals surface area contributed by atoms with Crippen LogP contribution in [0.3, 0.4) is 0 Å². The largest absolute Gasteiger partial charge is 0.247 e. The summed E-state index contributed by atoms with van der Waals surface area (Å²) < 4.78 is 1.88. The third kappa shape index (κ3) is 3.10. The van der Waals surface area contributed by atoms with Gasteiger partial charge in [0.05, 0.1) is 12.7 Å². The number of nitrogens with zero attached hydrogens (tertiary/aromatic N) is 3. The lowest BCUT2D eigenvalue weighted by Crippen LogP contribution is -2.00. The molecule has 0 unspecified atom stereocenters. The van der Waals surface area contributed by atoms with Crippen molar-refractivity contribution in [1.82, 2.24) is 15.0 Å². The van der Waals surface area contributed by atoms with Gasteiger partial charge >= 0.3 is 0 Å². The molecule has 4 aromatic rings. The molecule has 0 saturated carbocycles. The van der Waals surface area contributed by atoms with Crippen molar-refractivity contribution in [3.8, 4) is 22.4 Å². The number of benzene rings is 3. The Morgan fingerprint density at radius 1 is 0.667 bits per heavy atom. The molecule has 0 spiro atoms. The van der Waals surface area contributed by atoms with Crippen LogP contribution >= 0.6 is 0 Å². The van der Waals surface area contributed by atoms with Crippen LogP contribution in [-0.2, 0) is 6.54 Å². The van der Waals surface area contributed by atoms with Gasteiger partial charge in [-0.3, -0.25) is 0 Å². The Labute approximate surface area is 141 Å². The van der Waals surface area contributed by atoms with Crippen LogP contribution in [-0.4, -0.2) is 15.0 Å². The van der Waals surface area contributed by atoms with Crippen molar-refractivity contribution in [1.29, 1.82) is 0 Å². The normalized spacial score (nSPS) is 10.7. The molecule has 0 aliphatic heterocycles. The first-order chi connectivity index (χ1) is 11.9. The summed E-state index contributed by atoms with van der Waals surface area (Å²) in [5, 5.41) is 8.53. The second-order valence-electron chi connectivity index (χ2n) is 5.73. The van der Waals surface area contributed by atoms with Gasteiger partial charge in [-0.05, 0) is 22.8 Å². The molecule has 1 heterocycles. The zero-order valence-corrected chi connectivity index (χ0v) is 13.2. The lowest BCUT2D eigenvalue weighted by Gasteiger charge is -2.05. The van der Waals surface area contributed by atoms with Crippen LogP contribution in [0.25, 0.3) is 22.4 Å². The summed E-state index contributed by atoms with van der Waals surface area (Å²) in [5.74, 6) is 0. The summed E-state index contributed by atoms with van der Waals surface area (Å²) in [6.07, 6.45) is 1.99. The Kier molecular flexibility index (Phi) is 3.90. The van der Waals surface area contributed by atoms with Crippen molar-refractivity contribution in [2.75, 3.05) is 0 Å². The summed E-state index contributed by atoms with van der Waals surface area (Å²) in [6.45, 7) is 0.709. The lowest BCUT2D eigenvalue weighted by molar-refractivity contribution is 0.650. The zero-order valence-electron chi connectivity index (χ0n) is 13.2. The van der Waals surface area contributed by atoms with E-state index in [4.69, 9.17) is 0 Å². The van der Waals surface area contributed by atoms with E-state index in [-0.39, 0.29) is 0 Å². The molecule has 0 aliphatic rings. The topological polar surface area (TPSA) is 30.7 Å². The van der Waals surface area contributed by atoms with Crippen LogP contribution < -0.4 is 0 Å². The van der Waals surface area contributed by atoms with Crippen LogP contribution in [0.2, 0.25) is 0 Å². The van der Waals surface area contributed by atoms with Gasteiger partial charge in [0.1, 0.15) is 5.69 Å². The molecule has 0 N–H and O–H groups in total. The fourth-order valence-corrected chi connectivity index (χ4v) is 2.78. The SMILES string of the molecule is c1ccc(-c2cccc(Cn3cc(-c4ccccc4)nn3)c2)cc1. The number of rotatable bonds is 4. The van der Waals surface area contributed by atoms with Gasteiger partial charge in [0.15, 0.2) is 0 Å². The van der Waals surface area contributed by atoms with Crippen molar-refractivity contribution in [2.45, 2.75) is 6.54 Å². The Morgan fingerprint density at radius 2 is 1.33 bits per heavy atom. The van der Waals surface area contributed by atoms with Gasteiger partial charge in [-0.1, -0.05) is 84.1 Å². The second kappa shape index (κ2) is 6.50. The molecule has 116 valence electrons. The highest BCUT2D eigenvalue weighted by molar-refractivity contribution is 5.64. The molecule has 0 atom stereocenters. The number of hydrogen-bond acceptors (Lipinski definition) is 2. The van der Waals surface area contributed by atoms with Crippen LogP contribution in [0.1, 0.15) is 5.56 Å². The minimum Gasteiger partial charge on any atom is -0.247 e. The van der Waals surface area contributed by atoms with E-state index in [0.717, 1.165) is 11.3 Å². The van der Waals surface area contributed by atoms with Crippen molar-refractivity contribution in [2.24, 2.45) is 0 Å². The Morgan fingerprint density at radius 3 is 2.08 bits per heavy atom. The van der Waals surface area contributed by atoms with E-state index < -0.39 is 0 Å². The smallest absolute Gasteiger partial charge is 0.113 e. The van der Waals surface area contributed by atoms with E-state index in [1.807, 2.05) is 47.3 Å². The fourth-order valence-electron chi connectivity index (χ4n) is 2.78. The maximum Gasteiger partial charge on any atom is 0.113 e. The first-order valence-corrected chi connectivity index (χ1v) is 7.98. The molecule has 0 amide bonds. The summed E-state index contributed by atoms with van der Waals surface area (Å²) >= 11 is 0. The van der Waals surface area contributed by atoms with Crippen LogP contribution in [0, 0.1) is 0 Å². The average molecular weight is 311 g/mol. The summed E-state index contributed by atoms with van der Waals surface area (Å²) in [4.78, 5) is 0. The lowest BCUT2D eigenvalue weighted by atomic mass is 10.0. The van der Waals surface area contributed by atoms with Gasteiger partial charge in [-0.25, -0.2) is 4.68 Å².